The van der Waals surface area contributed by atoms with E-state index in [1.54, 1.807) is 55.6 Å². The van der Waals surface area contributed by atoms with Gasteiger partial charge in [-0.05, 0) is 31.0 Å². The van der Waals surface area contributed by atoms with E-state index in [0.29, 0.717) is 22.2 Å². The molecular weight excluding hydrogens is 420 g/mol. The summed E-state index contributed by atoms with van der Waals surface area (Å²) in [6.45, 7) is 0. The van der Waals surface area contributed by atoms with E-state index in [-0.39, 0.29) is 28.7 Å². The number of para-hydroxylation sites is 2. The second-order valence-electron chi connectivity index (χ2n) is 9.04. The normalized spacial score (nSPS) is 26.0. The van der Waals surface area contributed by atoms with E-state index in [1.807, 2.05) is 0 Å². The minimum absolute atomic E-state index is 0.0565. The molecule has 0 bridgehead atoms. The molecule has 0 saturated heterocycles. The van der Waals surface area contributed by atoms with Gasteiger partial charge < -0.3 is 19.2 Å². The maximum Gasteiger partial charge on any atom is 0.267 e. The van der Waals surface area contributed by atoms with Crippen molar-refractivity contribution in [2.24, 2.45) is 4.99 Å². The number of rotatable bonds is 2. The zero-order valence-electron chi connectivity index (χ0n) is 18.3. The Morgan fingerprint density at radius 1 is 1.03 bits per heavy atom. The van der Waals surface area contributed by atoms with E-state index in [2.05, 4.69) is 0 Å². The summed E-state index contributed by atoms with van der Waals surface area (Å²) in [5.41, 5.74) is -0.841. The molecule has 2 aliphatic heterocycles. The van der Waals surface area contributed by atoms with E-state index in [4.69, 9.17) is 14.1 Å². The summed E-state index contributed by atoms with van der Waals surface area (Å²) in [4.78, 5) is 33.2. The molecule has 1 aliphatic carbocycles. The first-order chi connectivity index (χ1) is 16.0. The number of amides is 1. The lowest BCUT2D eigenvalue weighted by Crippen LogP contribution is -2.44. The fraction of sp³-hybridized carbons (Fsp3) is 0.346. The predicted octanol–water partition coefficient (Wildman–Crippen LogP) is 3.81. The summed E-state index contributed by atoms with van der Waals surface area (Å²) < 4.78 is 12.3. The van der Waals surface area contributed by atoms with Crippen LogP contribution in [-0.2, 0) is 15.1 Å². The number of hydrogen-bond donors (Lipinski definition) is 1. The van der Waals surface area contributed by atoms with Crippen LogP contribution in [0.15, 0.2) is 62.7 Å². The molecule has 33 heavy (non-hydrogen) atoms. The monoisotopic (exact) mass is 444 g/mol. The van der Waals surface area contributed by atoms with Crippen molar-refractivity contribution in [3.8, 4) is 0 Å². The highest BCUT2D eigenvalue weighted by Gasteiger charge is 2.60. The number of ether oxygens (including phenoxy) is 1. The highest BCUT2D eigenvalue weighted by Crippen LogP contribution is 2.51. The topological polar surface area (TPSA) is 92.3 Å². The van der Waals surface area contributed by atoms with Gasteiger partial charge in [0.25, 0.3) is 11.8 Å². The third-order valence-corrected chi connectivity index (χ3v) is 7.08. The maximum atomic E-state index is 13.6. The van der Waals surface area contributed by atoms with Crippen LogP contribution in [0.3, 0.4) is 0 Å². The Morgan fingerprint density at radius 2 is 1.76 bits per heavy atom. The zero-order valence-corrected chi connectivity index (χ0v) is 18.3. The van der Waals surface area contributed by atoms with E-state index >= 15 is 0 Å². The third kappa shape index (κ3) is 2.82. The molecule has 7 heteroatoms. The summed E-state index contributed by atoms with van der Waals surface area (Å²) in [7, 11) is 1.61. The van der Waals surface area contributed by atoms with Gasteiger partial charge in [-0.3, -0.25) is 9.59 Å². The van der Waals surface area contributed by atoms with Gasteiger partial charge in [-0.25, -0.2) is 4.99 Å². The molecule has 0 radical (unpaired) electrons. The van der Waals surface area contributed by atoms with Gasteiger partial charge >= 0.3 is 0 Å². The van der Waals surface area contributed by atoms with Crippen LogP contribution in [-0.4, -0.2) is 30.0 Å². The first kappa shape index (κ1) is 20.2. The van der Waals surface area contributed by atoms with Gasteiger partial charge in [0.05, 0.1) is 22.7 Å². The van der Waals surface area contributed by atoms with Gasteiger partial charge in [-0.1, -0.05) is 49.6 Å². The van der Waals surface area contributed by atoms with Crippen LogP contribution < -0.4 is 10.3 Å². The standard InChI is InChI=1S/C26H24N2O5/c1-28-18-13-7-6-12-17(18)26(31,25(28)30)23-20-21(29)16-11-5-8-14-19(16)32-22(20)24(33-23)27-15-9-3-2-4-10-15/h5-8,11-15,23,31H,2-4,9-10H2,1H3/t23-,26-/m0/s1. The van der Waals surface area contributed by atoms with Crippen LogP contribution in [0.4, 0.5) is 5.69 Å². The van der Waals surface area contributed by atoms with E-state index in [9.17, 15) is 14.7 Å². The van der Waals surface area contributed by atoms with Gasteiger partial charge in [0.1, 0.15) is 5.58 Å². The molecule has 1 amide bonds. The Labute approximate surface area is 190 Å². The predicted molar refractivity (Wildman–Crippen MR) is 123 cm³/mol. The molecule has 0 spiro atoms. The van der Waals surface area contributed by atoms with Crippen LogP contribution in [0.25, 0.3) is 11.0 Å². The van der Waals surface area contributed by atoms with Crippen molar-refractivity contribution < 1.29 is 19.1 Å². The molecule has 2 aromatic carbocycles. The van der Waals surface area contributed by atoms with Crippen LogP contribution in [0.1, 0.15) is 55.1 Å². The average molecular weight is 444 g/mol. The number of hydrogen-bond acceptors (Lipinski definition) is 6. The highest BCUT2D eigenvalue weighted by molar-refractivity contribution is 6.08. The number of fused-ring (bicyclic) bond motifs is 3. The summed E-state index contributed by atoms with van der Waals surface area (Å²) >= 11 is 0. The molecule has 3 aliphatic rings. The molecule has 1 saturated carbocycles. The van der Waals surface area contributed by atoms with Crippen molar-refractivity contribution in [2.45, 2.75) is 49.9 Å². The molecule has 168 valence electrons. The molecule has 1 fully saturated rings. The van der Waals surface area contributed by atoms with Gasteiger partial charge in [-0.2, -0.15) is 0 Å². The SMILES string of the molecule is CN1C(=O)[C@@](O)([C@H]2OC(=NC3CCCCC3)c3oc4ccccc4c(=O)c32)c2ccccc21. The Bertz CT molecular complexity index is 1370. The number of aliphatic imine (C=N–C) groups is 1. The quantitative estimate of drug-likeness (QED) is 0.649. The zero-order chi connectivity index (χ0) is 22.7. The fourth-order valence-corrected chi connectivity index (χ4v) is 5.36. The number of likely N-dealkylation sites (N-methyl/N-ethyl adjacent to an activating group) is 1. The molecular formula is C26H24N2O5. The lowest BCUT2D eigenvalue weighted by atomic mass is 9.85. The molecule has 6 rings (SSSR count). The van der Waals surface area contributed by atoms with Crippen molar-refractivity contribution in [3.05, 3.63) is 75.6 Å². The lowest BCUT2D eigenvalue weighted by Gasteiger charge is -2.28. The Hall–Kier alpha value is -3.45. The Morgan fingerprint density at radius 3 is 2.58 bits per heavy atom. The van der Waals surface area contributed by atoms with Crippen LogP contribution in [0.2, 0.25) is 0 Å². The second kappa shape index (κ2) is 7.28. The van der Waals surface area contributed by atoms with Gasteiger partial charge in [0.15, 0.2) is 11.9 Å². The molecule has 3 aromatic rings. The van der Waals surface area contributed by atoms with Crippen molar-refractivity contribution in [2.75, 3.05) is 11.9 Å². The number of carbonyl (C=O) groups is 1. The number of nitrogens with zero attached hydrogens (tertiary/aromatic N) is 2. The van der Waals surface area contributed by atoms with Crippen LogP contribution in [0.5, 0.6) is 0 Å². The minimum Gasteiger partial charge on any atom is -0.463 e. The first-order valence-corrected chi connectivity index (χ1v) is 11.4. The number of carbonyl (C=O) groups excluding carboxylic acids is 1. The van der Waals surface area contributed by atoms with Crippen LogP contribution in [0, 0.1) is 0 Å². The Kier molecular flexibility index (Phi) is 4.45. The van der Waals surface area contributed by atoms with Crippen molar-refractivity contribution in [3.63, 3.8) is 0 Å². The molecule has 1 N–H and O–H groups in total. The van der Waals surface area contributed by atoms with E-state index in [1.165, 1.54) is 11.3 Å². The van der Waals surface area contributed by atoms with Gasteiger partial charge in [0, 0.05) is 12.6 Å². The lowest BCUT2D eigenvalue weighted by molar-refractivity contribution is -0.147. The number of benzene rings is 2. The summed E-state index contributed by atoms with van der Waals surface area (Å²) in [6.07, 6.45) is 3.95. The van der Waals surface area contributed by atoms with Crippen molar-refractivity contribution in [1.29, 1.82) is 0 Å². The minimum atomic E-state index is -2.07. The van der Waals surface area contributed by atoms with E-state index < -0.39 is 17.6 Å². The number of anilines is 1. The van der Waals surface area contributed by atoms with Crippen LogP contribution >= 0.6 is 0 Å². The molecule has 7 nitrogen and oxygen atoms in total. The fourth-order valence-electron chi connectivity index (χ4n) is 5.36. The summed E-state index contributed by atoms with van der Waals surface area (Å²) in [5.74, 6) is -0.147. The Balaban J connectivity index is 1.58. The molecule has 3 heterocycles. The smallest absolute Gasteiger partial charge is 0.267 e. The van der Waals surface area contributed by atoms with Crippen molar-refractivity contribution in [1.82, 2.24) is 0 Å². The van der Waals surface area contributed by atoms with Gasteiger partial charge in [0.2, 0.25) is 11.0 Å². The van der Waals surface area contributed by atoms with E-state index in [0.717, 1.165) is 25.7 Å². The number of aliphatic hydroxyl groups is 1. The third-order valence-electron chi connectivity index (χ3n) is 7.08. The highest BCUT2D eigenvalue weighted by atomic mass is 16.5. The van der Waals surface area contributed by atoms with Crippen molar-refractivity contribution >= 4 is 28.5 Å². The second-order valence-corrected chi connectivity index (χ2v) is 9.04. The first-order valence-electron chi connectivity index (χ1n) is 11.4. The van der Waals surface area contributed by atoms with Gasteiger partial charge in [-0.15, -0.1) is 0 Å². The summed E-state index contributed by atoms with van der Waals surface area (Å²) in [6, 6.07) is 14.0. The molecule has 2 atom stereocenters. The largest absolute Gasteiger partial charge is 0.463 e. The molecule has 0 unspecified atom stereocenters. The summed E-state index contributed by atoms with van der Waals surface area (Å²) in [5, 5.41) is 12.3. The average Bonchev–Trinajstić information content (AvgIpc) is 3.30. The molecule has 1 aromatic heterocycles. The maximum absolute atomic E-state index is 13.6.